The van der Waals surface area contributed by atoms with Gasteiger partial charge in [-0.1, -0.05) is 51.1 Å². The molecule has 1 N–H and O–H groups in total. The van der Waals surface area contributed by atoms with Crippen LogP contribution in [-0.2, 0) is 11.2 Å². The second-order valence-electron chi connectivity index (χ2n) is 7.71. The molecule has 1 aromatic rings. The van der Waals surface area contributed by atoms with E-state index in [2.05, 4.69) is 26.1 Å². The summed E-state index contributed by atoms with van der Waals surface area (Å²) >= 11 is 0. The van der Waals surface area contributed by atoms with Crippen LogP contribution in [0, 0.1) is 11.3 Å². The molecule has 21 heavy (non-hydrogen) atoms. The normalized spacial score (nSPS) is 22.8. The van der Waals surface area contributed by atoms with Crippen LogP contribution in [0.25, 0.3) is 0 Å². The second-order valence-corrected chi connectivity index (χ2v) is 7.71. The van der Waals surface area contributed by atoms with Gasteiger partial charge in [-0.3, -0.25) is 4.79 Å². The molecule has 0 heterocycles. The van der Waals surface area contributed by atoms with E-state index in [-0.39, 0.29) is 5.91 Å². The molecule has 0 atom stereocenters. The van der Waals surface area contributed by atoms with Gasteiger partial charge in [-0.15, -0.1) is 0 Å². The molecule has 0 saturated heterocycles. The number of carbonyl (C=O) groups excluding carboxylic acids is 1. The minimum Gasteiger partial charge on any atom is -0.353 e. The van der Waals surface area contributed by atoms with E-state index < -0.39 is 0 Å². The van der Waals surface area contributed by atoms with Gasteiger partial charge in [-0.05, 0) is 49.0 Å². The molecule has 0 aliphatic heterocycles. The monoisotopic (exact) mass is 287 g/mol. The molecule has 1 aliphatic rings. The molecular weight excluding hydrogens is 258 g/mol. The molecule has 1 aliphatic carbocycles. The van der Waals surface area contributed by atoms with Crippen LogP contribution < -0.4 is 5.32 Å². The predicted octanol–water partition coefficient (Wildman–Crippen LogP) is 4.34. The summed E-state index contributed by atoms with van der Waals surface area (Å²) in [5, 5.41) is 3.21. The van der Waals surface area contributed by atoms with Gasteiger partial charge in [0.05, 0.1) is 6.42 Å². The summed E-state index contributed by atoms with van der Waals surface area (Å²) in [6.45, 7) is 6.96. The third-order valence-corrected chi connectivity index (χ3v) is 4.32. The Morgan fingerprint density at radius 2 is 1.71 bits per heavy atom. The fourth-order valence-electron chi connectivity index (χ4n) is 3.44. The van der Waals surface area contributed by atoms with E-state index >= 15 is 0 Å². The number of carbonyl (C=O) groups is 1. The van der Waals surface area contributed by atoms with Crippen molar-refractivity contribution in [1.29, 1.82) is 0 Å². The average molecular weight is 287 g/mol. The Morgan fingerprint density at radius 3 is 2.29 bits per heavy atom. The third kappa shape index (κ3) is 5.91. The fraction of sp³-hybridized carbons (Fsp3) is 0.632. The van der Waals surface area contributed by atoms with Gasteiger partial charge in [-0.2, -0.15) is 0 Å². The summed E-state index contributed by atoms with van der Waals surface area (Å²) < 4.78 is 0. The van der Waals surface area contributed by atoms with E-state index in [1.165, 1.54) is 19.3 Å². The Kier molecular flexibility index (Phi) is 5.44. The van der Waals surface area contributed by atoms with Gasteiger partial charge in [-0.25, -0.2) is 0 Å². The maximum absolute atomic E-state index is 12.1. The van der Waals surface area contributed by atoms with Gasteiger partial charge < -0.3 is 5.32 Å². The summed E-state index contributed by atoms with van der Waals surface area (Å²) in [6.07, 6.45) is 6.60. The Hall–Kier alpha value is -1.31. The van der Waals surface area contributed by atoms with Crippen LogP contribution in [0.2, 0.25) is 0 Å². The molecule has 1 fully saturated rings. The average Bonchev–Trinajstić information content (AvgIpc) is 2.40. The van der Waals surface area contributed by atoms with E-state index in [0.29, 0.717) is 17.9 Å². The van der Waals surface area contributed by atoms with Crippen LogP contribution in [0.1, 0.15) is 58.4 Å². The lowest BCUT2D eigenvalue weighted by Gasteiger charge is -2.33. The number of hydrogen-bond acceptors (Lipinski definition) is 1. The molecule has 1 saturated carbocycles. The minimum absolute atomic E-state index is 0.167. The van der Waals surface area contributed by atoms with Crippen LogP contribution in [0.15, 0.2) is 30.3 Å². The molecule has 1 amide bonds. The van der Waals surface area contributed by atoms with Crippen molar-refractivity contribution in [2.24, 2.45) is 11.3 Å². The van der Waals surface area contributed by atoms with Gasteiger partial charge in [0, 0.05) is 6.04 Å². The number of hydrogen-bond donors (Lipinski definition) is 1. The first-order valence-corrected chi connectivity index (χ1v) is 8.26. The van der Waals surface area contributed by atoms with Crippen LogP contribution in [0.4, 0.5) is 0 Å². The first-order valence-electron chi connectivity index (χ1n) is 8.26. The zero-order valence-electron chi connectivity index (χ0n) is 13.7. The Morgan fingerprint density at radius 1 is 1.10 bits per heavy atom. The topological polar surface area (TPSA) is 29.1 Å². The Bertz CT molecular complexity index is 438. The largest absolute Gasteiger partial charge is 0.353 e. The molecule has 0 unspecified atom stereocenters. The molecule has 2 heteroatoms. The summed E-state index contributed by atoms with van der Waals surface area (Å²) in [7, 11) is 0. The van der Waals surface area contributed by atoms with Crippen molar-refractivity contribution >= 4 is 5.91 Å². The first-order chi connectivity index (χ1) is 9.92. The Balaban J connectivity index is 1.72. The van der Waals surface area contributed by atoms with Gasteiger partial charge in [0.2, 0.25) is 5.91 Å². The van der Waals surface area contributed by atoms with E-state index in [4.69, 9.17) is 0 Å². The zero-order valence-corrected chi connectivity index (χ0v) is 13.7. The zero-order chi connectivity index (χ0) is 15.3. The molecule has 0 radical (unpaired) electrons. The van der Waals surface area contributed by atoms with Crippen molar-refractivity contribution in [2.45, 2.75) is 65.3 Å². The van der Waals surface area contributed by atoms with E-state index in [1.807, 2.05) is 30.3 Å². The van der Waals surface area contributed by atoms with Crippen LogP contribution in [0.3, 0.4) is 0 Å². The van der Waals surface area contributed by atoms with Crippen molar-refractivity contribution in [2.75, 3.05) is 0 Å². The molecule has 0 aromatic heterocycles. The van der Waals surface area contributed by atoms with Gasteiger partial charge in [0.15, 0.2) is 0 Å². The predicted molar refractivity (Wildman–Crippen MR) is 88.1 cm³/mol. The number of amides is 1. The van der Waals surface area contributed by atoms with Crippen molar-refractivity contribution < 1.29 is 4.79 Å². The van der Waals surface area contributed by atoms with Gasteiger partial charge >= 0.3 is 0 Å². The highest BCUT2D eigenvalue weighted by molar-refractivity contribution is 5.78. The number of benzene rings is 1. The molecule has 2 rings (SSSR count). The molecule has 2 nitrogen and oxygen atoms in total. The molecule has 116 valence electrons. The minimum atomic E-state index is 0.167. The van der Waals surface area contributed by atoms with Crippen molar-refractivity contribution in [3.8, 4) is 0 Å². The van der Waals surface area contributed by atoms with Crippen molar-refractivity contribution in [3.63, 3.8) is 0 Å². The standard InChI is InChI=1S/C19H29NO/c1-19(2,3)14-16-9-11-17(12-10-16)20-18(21)13-15-7-5-4-6-8-15/h4-8,16-17H,9-14H2,1-3H3,(H,20,21)/t16-,17-. The van der Waals surface area contributed by atoms with Crippen molar-refractivity contribution in [3.05, 3.63) is 35.9 Å². The lowest BCUT2D eigenvalue weighted by Crippen LogP contribution is -2.38. The first kappa shape index (κ1) is 16.1. The number of rotatable bonds is 4. The molecule has 0 bridgehead atoms. The molecule has 1 aromatic carbocycles. The van der Waals surface area contributed by atoms with Gasteiger partial charge in [0.1, 0.15) is 0 Å². The van der Waals surface area contributed by atoms with E-state index in [1.54, 1.807) is 0 Å². The van der Waals surface area contributed by atoms with Crippen LogP contribution >= 0.6 is 0 Å². The smallest absolute Gasteiger partial charge is 0.224 e. The van der Waals surface area contributed by atoms with Crippen LogP contribution in [-0.4, -0.2) is 11.9 Å². The Labute approximate surface area is 129 Å². The highest BCUT2D eigenvalue weighted by atomic mass is 16.1. The third-order valence-electron chi connectivity index (χ3n) is 4.32. The summed E-state index contributed by atoms with van der Waals surface area (Å²) in [4.78, 5) is 12.1. The summed E-state index contributed by atoms with van der Waals surface area (Å²) in [5.41, 5.74) is 1.52. The lowest BCUT2D eigenvalue weighted by molar-refractivity contribution is -0.121. The summed E-state index contributed by atoms with van der Waals surface area (Å²) in [6, 6.07) is 10.4. The molecule has 0 spiro atoms. The van der Waals surface area contributed by atoms with Crippen LogP contribution in [0.5, 0.6) is 0 Å². The lowest BCUT2D eigenvalue weighted by atomic mass is 9.76. The fourth-order valence-corrected chi connectivity index (χ4v) is 3.44. The SMILES string of the molecule is CC(C)(C)C[C@H]1CC[C@H](NC(=O)Cc2ccccc2)CC1. The maximum Gasteiger partial charge on any atom is 0.224 e. The van der Waals surface area contributed by atoms with Crippen molar-refractivity contribution in [1.82, 2.24) is 5.32 Å². The number of nitrogens with one attached hydrogen (secondary N) is 1. The highest BCUT2D eigenvalue weighted by Crippen LogP contribution is 2.34. The highest BCUT2D eigenvalue weighted by Gasteiger charge is 2.25. The van der Waals surface area contributed by atoms with Gasteiger partial charge in [0.25, 0.3) is 0 Å². The van der Waals surface area contributed by atoms with E-state index in [0.717, 1.165) is 24.3 Å². The second kappa shape index (κ2) is 7.11. The maximum atomic E-state index is 12.1. The quantitative estimate of drug-likeness (QED) is 0.877. The van der Waals surface area contributed by atoms with E-state index in [9.17, 15) is 4.79 Å². The molecular formula is C19H29NO. The summed E-state index contributed by atoms with van der Waals surface area (Å²) in [5.74, 6) is 1.01.